The van der Waals surface area contributed by atoms with Gasteiger partial charge in [-0.15, -0.1) is 0 Å². The molecule has 2 fully saturated rings. The van der Waals surface area contributed by atoms with Crippen molar-refractivity contribution < 1.29 is 18.8 Å². The number of anilines is 1. The Balaban J connectivity index is 1.41. The lowest BCUT2D eigenvalue weighted by Gasteiger charge is -2.30. The summed E-state index contributed by atoms with van der Waals surface area (Å²) >= 11 is 2.26. The summed E-state index contributed by atoms with van der Waals surface area (Å²) in [6.45, 7) is 3.28. The first-order valence-electron chi connectivity index (χ1n) is 12.1. The summed E-state index contributed by atoms with van der Waals surface area (Å²) in [6, 6.07) is 10.8. The van der Waals surface area contributed by atoms with E-state index in [1.54, 1.807) is 24.3 Å². The largest absolute Gasteiger partial charge is 0.469 e. The minimum absolute atomic E-state index is 0.0657. The molecule has 6 rings (SSSR count). The predicted octanol–water partition coefficient (Wildman–Crippen LogP) is 3.62. The highest BCUT2D eigenvalue weighted by Crippen LogP contribution is 2.53. The van der Waals surface area contributed by atoms with Crippen LogP contribution in [0.5, 0.6) is 0 Å². The summed E-state index contributed by atoms with van der Waals surface area (Å²) in [4.78, 5) is 57.0. The highest BCUT2D eigenvalue weighted by atomic mass is 32.2. The minimum atomic E-state index is -0.716. The quantitative estimate of drug-likeness (QED) is 0.485. The number of thioether (sulfide) groups is 1. The van der Waals surface area contributed by atoms with Gasteiger partial charge in [-0.2, -0.15) is 0 Å². The van der Waals surface area contributed by atoms with Gasteiger partial charge in [0.15, 0.2) is 0 Å². The van der Waals surface area contributed by atoms with Crippen molar-refractivity contribution in [3.63, 3.8) is 0 Å². The molecule has 5 heterocycles. The number of nitrogens with zero attached hydrogens (tertiary/aromatic N) is 3. The minimum Gasteiger partial charge on any atom is -0.469 e. The molecule has 3 atom stereocenters. The Labute approximate surface area is 215 Å². The van der Waals surface area contributed by atoms with Gasteiger partial charge in [0.25, 0.3) is 0 Å². The van der Waals surface area contributed by atoms with Crippen molar-refractivity contribution in [3.8, 4) is 0 Å². The maximum Gasteiger partial charge on any atom is 0.308 e. The first-order valence-corrected chi connectivity index (χ1v) is 13.8. The Bertz CT molecular complexity index is 1390. The topological polar surface area (TPSA) is 92.8 Å². The number of piperidine rings is 1. The van der Waals surface area contributed by atoms with Crippen molar-refractivity contribution in [2.24, 2.45) is 5.92 Å². The number of rotatable bonds is 4. The lowest BCUT2D eigenvalue weighted by Crippen LogP contribution is -2.39. The average Bonchev–Trinajstić information content (AvgIpc) is 3.58. The van der Waals surface area contributed by atoms with E-state index in [0.29, 0.717) is 34.4 Å². The van der Waals surface area contributed by atoms with Gasteiger partial charge in [0.05, 0.1) is 33.7 Å². The molecule has 3 aromatic rings. The number of carbonyl (C=O) groups is 3. The zero-order valence-corrected chi connectivity index (χ0v) is 21.3. The number of carbonyl (C=O) groups excluding carboxylic acids is 3. The van der Waals surface area contributed by atoms with E-state index in [-0.39, 0.29) is 29.1 Å². The van der Waals surface area contributed by atoms with Gasteiger partial charge in [-0.25, -0.2) is 4.90 Å². The van der Waals surface area contributed by atoms with Gasteiger partial charge in [0, 0.05) is 13.1 Å². The molecule has 2 saturated heterocycles. The SMILES string of the molecule is Cc1ccc(N2C(=O)[C@H]3[C@H](c4ccco4)c4sc(=O)n(CC(=O)N5CCCCC5)c4S[C@H]3C2=O)cc1. The first kappa shape index (κ1) is 23.3. The van der Waals surface area contributed by atoms with Crippen molar-refractivity contribution in [1.29, 1.82) is 0 Å². The zero-order valence-electron chi connectivity index (χ0n) is 19.7. The lowest BCUT2D eigenvalue weighted by atomic mass is 9.87. The predicted molar refractivity (Wildman–Crippen MR) is 136 cm³/mol. The highest BCUT2D eigenvalue weighted by Gasteiger charge is 2.57. The number of imide groups is 1. The van der Waals surface area contributed by atoms with Crippen LogP contribution in [0, 0.1) is 12.8 Å². The van der Waals surface area contributed by atoms with Crippen LogP contribution in [0.2, 0.25) is 0 Å². The molecule has 186 valence electrons. The number of furan rings is 1. The van der Waals surface area contributed by atoms with Crippen molar-refractivity contribution in [1.82, 2.24) is 9.47 Å². The normalized spacial score (nSPS) is 23.6. The number of likely N-dealkylation sites (tertiary alicyclic amines) is 1. The Morgan fingerprint density at radius 2 is 1.78 bits per heavy atom. The van der Waals surface area contributed by atoms with Crippen LogP contribution >= 0.6 is 23.1 Å². The molecule has 0 radical (unpaired) electrons. The van der Waals surface area contributed by atoms with E-state index in [1.807, 2.05) is 24.0 Å². The smallest absolute Gasteiger partial charge is 0.308 e. The molecule has 3 amide bonds. The Morgan fingerprint density at radius 1 is 1.03 bits per heavy atom. The maximum atomic E-state index is 13.7. The van der Waals surface area contributed by atoms with Crippen molar-refractivity contribution in [3.05, 3.63) is 68.5 Å². The number of benzene rings is 1. The summed E-state index contributed by atoms with van der Waals surface area (Å²) in [5, 5.41) is -0.128. The van der Waals surface area contributed by atoms with Crippen molar-refractivity contribution in [2.75, 3.05) is 18.0 Å². The van der Waals surface area contributed by atoms with Crippen LogP contribution < -0.4 is 9.77 Å². The molecule has 3 aliphatic rings. The molecule has 0 spiro atoms. The molecule has 0 unspecified atom stereocenters. The molecule has 8 nitrogen and oxygen atoms in total. The summed E-state index contributed by atoms with van der Waals surface area (Å²) < 4.78 is 7.22. The maximum absolute atomic E-state index is 13.7. The van der Waals surface area contributed by atoms with Gasteiger partial charge in [-0.1, -0.05) is 40.8 Å². The molecular weight excluding hydrogens is 498 g/mol. The molecule has 10 heteroatoms. The van der Waals surface area contributed by atoms with Gasteiger partial charge in [0.1, 0.15) is 17.6 Å². The van der Waals surface area contributed by atoms with Gasteiger partial charge in [0.2, 0.25) is 17.7 Å². The molecule has 0 aliphatic carbocycles. The van der Waals surface area contributed by atoms with E-state index in [4.69, 9.17) is 4.42 Å². The summed E-state index contributed by atoms with van der Waals surface area (Å²) in [5.74, 6) is -1.44. The van der Waals surface area contributed by atoms with E-state index in [9.17, 15) is 19.2 Å². The van der Waals surface area contributed by atoms with E-state index < -0.39 is 17.1 Å². The number of aromatic nitrogens is 1. The van der Waals surface area contributed by atoms with Crippen LogP contribution in [0.15, 0.2) is 56.9 Å². The van der Waals surface area contributed by atoms with Gasteiger partial charge in [-0.3, -0.25) is 23.7 Å². The van der Waals surface area contributed by atoms with Crippen LogP contribution in [-0.2, 0) is 20.9 Å². The molecule has 0 bridgehead atoms. The number of thiazole rings is 1. The third kappa shape index (κ3) is 3.74. The zero-order chi connectivity index (χ0) is 25.0. The van der Waals surface area contributed by atoms with E-state index in [1.165, 1.54) is 27.5 Å². The van der Waals surface area contributed by atoms with Crippen LogP contribution in [0.3, 0.4) is 0 Å². The molecule has 3 aliphatic heterocycles. The van der Waals surface area contributed by atoms with Crippen molar-refractivity contribution >= 4 is 46.5 Å². The third-order valence-corrected chi connectivity index (χ3v) is 9.80. The third-order valence-electron chi connectivity index (χ3n) is 7.19. The fraction of sp³-hybridized carbons (Fsp3) is 0.385. The lowest BCUT2D eigenvalue weighted by molar-refractivity contribution is -0.133. The van der Waals surface area contributed by atoms with Gasteiger partial charge < -0.3 is 9.32 Å². The molecule has 36 heavy (non-hydrogen) atoms. The van der Waals surface area contributed by atoms with E-state index in [0.717, 1.165) is 36.2 Å². The molecule has 2 aromatic heterocycles. The number of hydrogen-bond donors (Lipinski definition) is 0. The molecular formula is C26H25N3O5S2. The van der Waals surface area contributed by atoms with Crippen LogP contribution in [0.1, 0.15) is 41.4 Å². The second kappa shape index (κ2) is 9.08. The molecule has 0 N–H and O–H groups in total. The number of amides is 3. The van der Waals surface area contributed by atoms with Gasteiger partial charge >= 0.3 is 4.87 Å². The Kier molecular flexibility index (Phi) is 5.88. The second-order valence-electron chi connectivity index (χ2n) is 9.47. The second-order valence-corrected chi connectivity index (χ2v) is 11.6. The average molecular weight is 524 g/mol. The number of hydrogen-bond acceptors (Lipinski definition) is 7. The van der Waals surface area contributed by atoms with Crippen LogP contribution in [0.25, 0.3) is 0 Å². The Hall–Kier alpha value is -3.11. The van der Waals surface area contributed by atoms with Crippen LogP contribution in [-0.4, -0.2) is 45.5 Å². The fourth-order valence-corrected chi connectivity index (χ4v) is 8.11. The molecule has 0 saturated carbocycles. The summed E-state index contributed by atoms with van der Waals surface area (Å²) in [5.41, 5.74) is 1.56. The van der Waals surface area contributed by atoms with Gasteiger partial charge in [-0.05, 0) is 50.5 Å². The standard InChI is InChI=1S/C26H25N3O5S2/c1-15-7-9-16(10-8-15)29-23(31)20-19(17-6-5-13-34-17)22-25(35-21(20)24(29)32)28(26(33)36-22)14-18(30)27-11-3-2-4-12-27/h5-10,13,19-21H,2-4,11-12,14H2,1H3/t19-,20-,21+/m0/s1. The summed E-state index contributed by atoms with van der Waals surface area (Å²) in [7, 11) is 0. The first-order chi connectivity index (χ1) is 17.4. The van der Waals surface area contributed by atoms with E-state index >= 15 is 0 Å². The van der Waals surface area contributed by atoms with Crippen LogP contribution in [0.4, 0.5) is 5.69 Å². The number of fused-ring (bicyclic) bond motifs is 2. The van der Waals surface area contributed by atoms with Crippen molar-refractivity contribution in [2.45, 2.75) is 48.9 Å². The van der Waals surface area contributed by atoms with E-state index in [2.05, 4.69) is 0 Å². The highest BCUT2D eigenvalue weighted by molar-refractivity contribution is 8.00. The number of aryl methyl sites for hydroxylation is 1. The fourth-order valence-electron chi connectivity index (χ4n) is 5.36. The Morgan fingerprint density at radius 3 is 2.47 bits per heavy atom. The summed E-state index contributed by atoms with van der Waals surface area (Å²) in [6.07, 6.45) is 4.57. The molecule has 1 aromatic carbocycles. The monoisotopic (exact) mass is 523 g/mol.